The summed E-state index contributed by atoms with van der Waals surface area (Å²) in [7, 11) is 0. The van der Waals surface area contributed by atoms with Crippen molar-refractivity contribution in [3.05, 3.63) is 47.1 Å². The quantitative estimate of drug-likeness (QED) is 0.765. The smallest absolute Gasteiger partial charge is 0.261 e. The molecule has 1 saturated carbocycles. The molecule has 110 valence electrons. The van der Waals surface area contributed by atoms with Gasteiger partial charge in [0.2, 0.25) is 5.91 Å². The van der Waals surface area contributed by atoms with Crippen molar-refractivity contribution in [3.63, 3.8) is 0 Å². The van der Waals surface area contributed by atoms with Crippen LogP contribution in [0.1, 0.15) is 12.8 Å². The average Bonchev–Trinajstić information content (AvgIpc) is 3.29. The van der Waals surface area contributed by atoms with Gasteiger partial charge in [-0.15, -0.1) is 0 Å². The number of anilines is 1. The molecule has 1 aromatic carbocycles. The number of aromatic amines is 1. The van der Waals surface area contributed by atoms with E-state index in [1.54, 1.807) is 4.68 Å². The van der Waals surface area contributed by atoms with Gasteiger partial charge in [0.25, 0.3) is 5.56 Å². The first kappa shape index (κ1) is 12.8. The van der Waals surface area contributed by atoms with Crippen LogP contribution in [-0.2, 0) is 4.79 Å². The molecule has 1 fully saturated rings. The van der Waals surface area contributed by atoms with Crippen LogP contribution in [0, 0.1) is 5.92 Å². The van der Waals surface area contributed by atoms with Crippen LogP contribution in [0.15, 0.2) is 41.6 Å². The monoisotopic (exact) mass is 295 g/mol. The number of H-pyrrole nitrogens is 1. The maximum Gasteiger partial charge on any atom is 0.261 e. The molecule has 2 N–H and O–H groups in total. The van der Waals surface area contributed by atoms with Crippen LogP contribution in [0.3, 0.4) is 0 Å². The molecular weight excluding hydrogens is 282 g/mol. The Morgan fingerprint density at radius 3 is 2.77 bits per heavy atom. The number of fused-ring (bicyclic) bond motifs is 1. The highest BCUT2D eigenvalue weighted by molar-refractivity contribution is 5.94. The summed E-state index contributed by atoms with van der Waals surface area (Å²) in [5.74, 6) is 0.246. The van der Waals surface area contributed by atoms with E-state index in [1.165, 1.54) is 12.5 Å². The minimum Gasteiger partial charge on any atom is -0.326 e. The molecule has 0 bridgehead atoms. The van der Waals surface area contributed by atoms with E-state index < -0.39 is 0 Å². The Morgan fingerprint density at radius 1 is 1.27 bits per heavy atom. The highest BCUT2D eigenvalue weighted by Crippen LogP contribution is 2.30. The molecule has 22 heavy (non-hydrogen) atoms. The molecule has 1 aliphatic carbocycles. The zero-order valence-electron chi connectivity index (χ0n) is 11.6. The molecule has 1 aliphatic rings. The van der Waals surface area contributed by atoms with Crippen LogP contribution in [0.2, 0.25) is 0 Å². The third-order valence-electron chi connectivity index (χ3n) is 3.70. The second kappa shape index (κ2) is 4.80. The van der Waals surface area contributed by atoms with Crippen LogP contribution in [-0.4, -0.2) is 25.7 Å². The second-order valence-corrected chi connectivity index (χ2v) is 5.34. The predicted molar refractivity (Wildman–Crippen MR) is 80.8 cm³/mol. The standard InChI is InChI=1S/C15H13N5O2/c21-14(9-1-2-9)19-10-3-5-11(6-4-10)20-13-12(7-18-20)15(22)17-8-16-13/h3-9H,1-2H2,(H,19,21)(H,16,17,22). The van der Waals surface area contributed by atoms with Gasteiger partial charge in [-0.05, 0) is 37.1 Å². The van der Waals surface area contributed by atoms with Crippen molar-refractivity contribution in [3.8, 4) is 5.69 Å². The van der Waals surface area contributed by atoms with Gasteiger partial charge in [0.1, 0.15) is 5.39 Å². The third kappa shape index (κ3) is 2.16. The molecule has 2 heterocycles. The zero-order chi connectivity index (χ0) is 15.1. The first-order valence-corrected chi connectivity index (χ1v) is 7.05. The Bertz CT molecular complexity index is 906. The van der Waals surface area contributed by atoms with Crippen molar-refractivity contribution in [1.29, 1.82) is 0 Å². The van der Waals surface area contributed by atoms with Crippen molar-refractivity contribution in [1.82, 2.24) is 19.7 Å². The van der Waals surface area contributed by atoms with Crippen LogP contribution < -0.4 is 10.9 Å². The minimum absolute atomic E-state index is 0.0745. The Hall–Kier alpha value is -2.96. The van der Waals surface area contributed by atoms with Crippen molar-refractivity contribution in [2.75, 3.05) is 5.32 Å². The SMILES string of the molecule is O=C(Nc1ccc(-n2ncc3c(=O)[nH]cnc32)cc1)C1CC1. The summed E-state index contributed by atoms with van der Waals surface area (Å²) in [4.78, 5) is 30.1. The Labute approximate surface area is 125 Å². The Balaban J connectivity index is 1.65. The fourth-order valence-corrected chi connectivity index (χ4v) is 2.32. The fraction of sp³-hybridized carbons (Fsp3) is 0.200. The highest BCUT2D eigenvalue weighted by Gasteiger charge is 2.29. The molecule has 3 aromatic rings. The number of aromatic nitrogens is 4. The van der Waals surface area contributed by atoms with Gasteiger partial charge in [0.05, 0.1) is 18.2 Å². The molecule has 7 heteroatoms. The lowest BCUT2D eigenvalue weighted by Gasteiger charge is -2.06. The van der Waals surface area contributed by atoms with Crippen molar-refractivity contribution >= 4 is 22.6 Å². The number of carbonyl (C=O) groups excluding carboxylic acids is 1. The lowest BCUT2D eigenvalue weighted by atomic mass is 10.2. The molecular formula is C15H13N5O2. The van der Waals surface area contributed by atoms with Gasteiger partial charge < -0.3 is 10.3 Å². The van der Waals surface area contributed by atoms with Crippen molar-refractivity contribution in [2.45, 2.75) is 12.8 Å². The topological polar surface area (TPSA) is 92.7 Å². The third-order valence-corrected chi connectivity index (χ3v) is 3.70. The van der Waals surface area contributed by atoms with Gasteiger partial charge in [0, 0.05) is 11.6 Å². The maximum atomic E-state index is 11.7. The van der Waals surface area contributed by atoms with E-state index in [0.29, 0.717) is 11.0 Å². The summed E-state index contributed by atoms with van der Waals surface area (Å²) >= 11 is 0. The first-order valence-electron chi connectivity index (χ1n) is 7.05. The summed E-state index contributed by atoms with van der Waals surface area (Å²) in [5, 5.41) is 7.52. The summed E-state index contributed by atoms with van der Waals surface area (Å²) in [6, 6.07) is 7.29. The molecule has 4 rings (SSSR count). The first-order chi connectivity index (χ1) is 10.7. The van der Waals surface area contributed by atoms with E-state index >= 15 is 0 Å². The van der Waals surface area contributed by atoms with E-state index in [2.05, 4.69) is 20.4 Å². The predicted octanol–water partition coefficient (Wildman–Crippen LogP) is 1.46. The van der Waals surface area contributed by atoms with E-state index in [1.807, 2.05) is 24.3 Å². The lowest BCUT2D eigenvalue weighted by Crippen LogP contribution is -2.13. The molecule has 0 radical (unpaired) electrons. The van der Waals surface area contributed by atoms with Gasteiger partial charge >= 0.3 is 0 Å². The lowest BCUT2D eigenvalue weighted by molar-refractivity contribution is -0.117. The molecule has 0 unspecified atom stereocenters. The van der Waals surface area contributed by atoms with Crippen molar-refractivity contribution in [2.24, 2.45) is 5.92 Å². The number of carbonyl (C=O) groups is 1. The van der Waals surface area contributed by atoms with Crippen LogP contribution in [0.25, 0.3) is 16.7 Å². The Kier molecular flexibility index (Phi) is 2.78. The van der Waals surface area contributed by atoms with E-state index in [0.717, 1.165) is 24.2 Å². The molecule has 2 aromatic heterocycles. The fourth-order valence-electron chi connectivity index (χ4n) is 2.32. The van der Waals surface area contributed by atoms with Crippen molar-refractivity contribution < 1.29 is 4.79 Å². The molecule has 0 spiro atoms. The molecule has 0 saturated heterocycles. The number of benzene rings is 1. The molecule has 0 atom stereocenters. The van der Waals surface area contributed by atoms with E-state index in [4.69, 9.17) is 0 Å². The van der Waals surface area contributed by atoms with Crippen LogP contribution >= 0.6 is 0 Å². The van der Waals surface area contributed by atoms with Gasteiger partial charge in [-0.25, -0.2) is 9.67 Å². The van der Waals surface area contributed by atoms with Gasteiger partial charge in [-0.2, -0.15) is 5.10 Å². The summed E-state index contributed by atoms with van der Waals surface area (Å²) in [6.45, 7) is 0. The average molecular weight is 295 g/mol. The number of amides is 1. The summed E-state index contributed by atoms with van der Waals surface area (Å²) in [5.41, 5.74) is 1.81. The van der Waals surface area contributed by atoms with E-state index in [9.17, 15) is 9.59 Å². The maximum absolute atomic E-state index is 11.7. The number of hydrogen-bond donors (Lipinski definition) is 2. The number of nitrogens with zero attached hydrogens (tertiary/aromatic N) is 3. The largest absolute Gasteiger partial charge is 0.326 e. The zero-order valence-corrected chi connectivity index (χ0v) is 11.6. The highest BCUT2D eigenvalue weighted by atomic mass is 16.2. The van der Waals surface area contributed by atoms with Crippen LogP contribution in [0.4, 0.5) is 5.69 Å². The summed E-state index contributed by atoms with van der Waals surface area (Å²) in [6.07, 6.45) is 4.80. The van der Waals surface area contributed by atoms with Gasteiger partial charge in [0.15, 0.2) is 5.65 Å². The molecule has 1 amide bonds. The normalized spacial score (nSPS) is 14.2. The van der Waals surface area contributed by atoms with E-state index in [-0.39, 0.29) is 17.4 Å². The van der Waals surface area contributed by atoms with Gasteiger partial charge in [-0.3, -0.25) is 9.59 Å². The molecule has 0 aliphatic heterocycles. The summed E-state index contributed by atoms with van der Waals surface area (Å²) < 4.78 is 1.59. The second-order valence-electron chi connectivity index (χ2n) is 5.34. The number of hydrogen-bond acceptors (Lipinski definition) is 4. The minimum atomic E-state index is -0.218. The van der Waals surface area contributed by atoms with Crippen LogP contribution in [0.5, 0.6) is 0 Å². The molecule has 7 nitrogen and oxygen atoms in total. The Morgan fingerprint density at radius 2 is 2.05 bits per heavy atom. The number of rotatable bonds is 3. The van der Waals surface area contributed by atoms with Gasteiger partial charge in [-0.1, -0.05) is 0 Å². The number of nitrogens with one attached hydrogen (secondary N) is 2.